The minimum Gasteiger partial charge on any atom is -0.330 e. The van der Waals surface area contributed by atoms with E-state index in [9.17, 15) is 0 Å². The molecule has 0 saturated heterocycles. The summed E-state index contributed by atoms with van der Waals surface area (Å²) in [5, 5.41) is 1.20. The van der Waals surface area contributed by atoms with Crippen molar-refractivity contribution >= 4 is 23.2 Å². The molecule has 0 aliphatic rings. The van der Waals surface area contributed by atoms with Crippen LogP contribution in [0.4, 0.5) is 0 Å². The van der Waals surface area contributed by atoms with Gasteiger partial charge in [0.05, 0.1) is 10.0 Å². The van der Waals surface area contributed by atoms with Crippen LogP contribution in [0, 0.1) is 0 Å². The Balaban J connectivity index is 2.26. The topological polar surface area (TPSA) is 26.0 Å². The van der Waals surface area contributed by atoms with Crippen molar-refractivity contribution in [3.05, 3.63) is 69.7 Å². The lowest BCUT2D eigenvalue weighted by Gasteiger charge is -2.17. The quantitative estimate of drug-likeness (QED) is 0.888. The first-order valence-electron chi connectivity index (χ1n) is 5.90. The lowest BCUT2D eigenvalue weighted by Crippen LogP contribution is -2.15. The number of hydrogen-bond donors (Lipinski definition) is 1. The largest absolute Gasteiger partial charge is 0.330 e. The fraction of sp³-hybridized carbons (Fsp3) is 0.200. The molecule has 0 spiro atoms. The first-order chi connectivity index (χ1) is 8.72. The van der Waals surface area contributed by atoms with E-state index in [1.54, 1.807) is 6.07 Å². The molecule has 0 bridgehead atoms. The highest BCUT2D eigenvalue weighted by molar-refractivity contribution is 6.42. The minimum atomic E-state index is 0.193. The normalized spacial score (nSPS) is 12.4. The zero-order valence-corrected chi connectivity index (χ0v) is 11.5. The maximum atomic E-state index is 6.25. The molecule has 1 atom stereocenters. The van der Waals surface area contributed by atoms with Crippen LogP contribution in [0.2, 0.25) is 10.0 Å². The second kappa shape index (κ2) is 6.24. The highest BCUT2D eigenvalue weighted by Crippen LogP contribution is 2.32. The van der Waals surface area contributed by atoms with Crippen molar-refractivity contribution in [2.45, 2.75) is 12.3 Å². The van der Waals surface area contributed by atoms with E-state index in [2.05, 4.69) is 12.1 Å². The third-order valence-corrected chi connectivity index (χ3v) is 3.86. The first-order valence-corrected chi connectivity index (χ1v) is 6.66. The fourth-order valence-corrected chi connectivity index (χ4v) is 2.52. The summed E-state index contributed by atoms with van der Waals surface area (Å²) in [4.78, 5) is 0. The predicted molar refractivity (Wildman–Crippen MR) is 78.4 cm³/mol. The summed E-state index contributed by atoms with van der Waals surface area (Å²) in [6, 6.07) is 16.0. The smallest absolute Gasteiger partial charge is 0.0627 e. The maximum Gasteiger partial charge on any atom is 0.0627 e. The van der Waals surface area contributed by atoms with Crippen LogP contribution in [-0.4, -0.2) is 6.54 Å². The molecular weight excluding hydrogens is 265 g/mol. The van der Waals surface area contributed by atoms with Crippen LogP contribution in [-0.2, 0) is 6.42 Å². The van der Waals surface area contributed by atoms with E-state index in [0.717, 1.165) is 12.0 Å². The number of nitrogens with two attached hydrogens (primary N) is 1. The van der Waals surface area contributed by atoms with Gasteiger partial charge < -0.3 is 5.73 Å². The van der Waals surface area contributed by atoms with Gasteiger partial charge in [0.15, 0.2) is 0 Å². The van der Waals surface area contributed by atoms with Gasteiger partial charge in [-0.05, 0) is 30.2 Å². The molecule has 1 nitrogen and oxygen atoms in total. The first kappa shape index (κ1) is 13.4. The van der Waals surface area contributed by atoms with Crippen molar-refractivity contribution in [3.63, 3.8) is 0 Å². The van der Waals surface area contributed by atoms with E-state index in [1.165, 1.54) is 5.56 Å². The number of rotatable bonds is 4. The molecule has 18 heavy (non-hydrogen) atoms. The SMILES string of the molecule is NCC(Cc1ccccc1)c1cccc(Cl)c1Cl. The Morgan fingerprint density at radius 3 is 2.33 bits per heavy atom. The van der Waals surface area contributed by atoms with Gasteiger partial charge in [0.2, 0.25) is 0 Å². The van der Waals surface area contributed by atoms with Crippen molar-refractivity contribution in [1.82, 2.24) is 0 Å². The minimum absolute atomic E-state index is 0.193. The molecule has 0 aliphatic carbocycles. The molecule has 1 unspecified atom stereocenters. The second-order valence-corrected chi connectivity index (χ2v) is 5.05. The molecule has 0 heterocycles. The van der Waals surface area contributed by atoms with Crippen molar-refractivity contribution in [2.75, 3.05) is 6.54 Å². The van der Waals surface area contributed by atoms with Gasteiger partial charge in [0.1, 0.15) is 0 Å². The molecule has 0 aliphatic heterocycles. The molecule has 2 aromatic carbocycles. The monoisotopic (exact) mass is 279 g/mol. The van der Waals surface area contributed by atoms with Gasteiger partial charge in [0, 0.05) is 5.92 Å². The van der Waals surface area contributed by atoms with Crippen molar-refractivity contribution in [3.8, 4) is 0 Å². The maximum absolute atomic E-state index is 6.25. The van der Waals surface area contributed by atoms with Gasteiger partial charge in [-0.1, -0.05) is 65.7 Å². The summed E-state index contributed by atoms with van der Waals surface area (Å²) >= 11 is 12.3. The summed E-state index contributed by atoms with van der Waals surface area (Å²) < 4.78 is 0. The Hall–Kier alpha value is -1.02. The molecule has 0 radical (unpaired) electrons. The van der Waals surface area contributed by atoms with Crippen molar-refractivity contribution < 1.29 is 0 Å². The van der Waals surface area contributed by atoms with Crippen LogP contribution in [0.25, 0.3) is 0 Å². The molecule has 2 rings (SSSR count). The Morgan fingerprint density at radius 2 is 1.67 bits per heavy atom. The van der Waals surface area contributed by atoms with E-state index in [1.807, 2.05) is 30.3 Å². The standard InChI is InChI=1S/C15H15Cl2N/c16-14-8-4-7-13(15(14)17)12(10-18)9-11-5-2-1-3-6-11/h1-8,12H,9-10,18H2. The molecule has 0 amide bonds. The van der Waals surface area contributed by atoms with Crippen LogP contribution in [0.15, 0.2) is 48.5 Å². The molecule has 2 N–H and O–H groups in total. The van der Waals surface area contributed by atoms with Crippen LogP contribution < -0.4 is 5.73 Å². The summed E-state index contributed by atoms with van der Waals surface area (Å²) in [6.07, 6.45) is 0.872. The van der Waals surface area contributed by atoms with Crippen LogP contribution in [0.3, 0.4) is 0 Å². The van der Waals surface area contributed by atoms with Gasteiger partial charge in [-0.25, -0.2) is 0 Å². The number of hydrogen-bond acceptors (Lipinski definition) is 1. The highest BCUT2D eigenvalue weighted by Gasteiger charge is 2.15. The van der Waals surface area contributed by atoms with Crippen molar-refractivity contribution in [2.24, 2.45) is 5.73 Å². The average Bonchev–Trinajstić information content (AvgIpc) is 2.41. The zero-order valence-electron chi connectivity index (χ0n) is 9.94. The van der Waals surface area contributed by atoms with Crippen LogP contribution in [0.5, 0.6) is 0 Å². The van der Waals surface area contributed by atoms with E-state index in [-0.39, 0.29) is 5.92 Å². The zero-order chi connectivity index (χ0) is 13.0. The number of benzene rings is 2. The van der Waals surface area contributed by atoms with Crippen LogP contribution in [0.1, 0.15) is 17.0 Å². The van der Waals surface area contributed by atoms with Crippen LogP contribution >= 0.6 is 23.2 Å². The Morgan fingerprint density at radius 1 is 0.944 bits per heavy atom. The van der Waals surface area contributed by atoms with E-state index in [4.69, 9.17) is 28.9 Å². The van der Waals surface area contributed by atoms with E-state index in [0.29, 0.717) is 16.6 Å². The third-order valence-electron chi connectivity index (χ3n) is 3.03. The van der Waals surface area contributed by atoms with Gasteiger partial charge in [-0.15, -0.1) is 0 Å². The average molecular weight is 280 g/mol. The number of halogens is 2. The summed E-state index contributed by atoms with van der Waals surface area (Å²) in [5.74, 6) is 0.193. The molecular formula is C15H15Cl2N. The molecule has 0 fully saturated rings. The highest BCUT2D eigenvalue weighted by atomic mass is 35.5. The Labute approximate surface area is 118 Å². The van der Waals surface area contributed by atoms with E-state index < -0.39 is 0 Å². The van der Waals surface area contributed by atoms with Crippen molar-refractivity contribution in [1.29, 1.82) is 0 Å². The van der Waals surface area contributed by atoms with E-state index >= 15 is 0 Å². The Kier molecular flexibility index (Phi) is 4.65. The lowest BCUT2D eigenvalue weighted by molar-refractivity contribution is 0.694. The summed E-state index contributed by atoms with van der Waals surface area (Å²) in [7, 11) is 0. The molecule has 2 aromatic rings. The summed E-state index contributed by atoms with van der Waals surface area (Å²) in [6.45, 7) is 0.551. The molecule has 0 saturated carbocycles. The lowest BCUT2D eigenvalue weighted by atomic mass is 9.92. The molecule has 3 heteroatoms. The molecule has 0 aromatic heterocycles. The van der Waals surface area contributed by atoms with Gasteiger partial charge in [0.25, 0.3) is 0 Å². The third kappa shape index (κ3) is 3.05. The second-order valence-electron chi connectivity index (χ2n) is 4.27. The summed E-state index contributed by atoms with van der Waals surface area (Å²) in [5.41, 5.74) is 8.15. The van der Waals surface area contributed by atoms with Gasteiger partial charge in [-0.2, -0.15) is 0 Å². The van der Waals surface area contributed by atoms with Gasteiger partial charge >= 0.3 is 0 Å². The fourth-order valence-electron chi connectivity index (χ4n) is 2.05. The van der Waals surface area contributed by atoms with Gasteiger partial charge in [-0.3, -0.25) is 0 Å². The Bertz CT molecular complexity index is 511. The predicted octanol–water partition coefficient (Wildman–Crippen LogP) is 4.28. The molecule has 94 valence electrons.